The second-order valence-corrected chi connectivity index (χ2v) is 11.8. The third kappa shape index (κ3) is 12.2. The van der Waals surface area contributed by atoms with Crippen LogP contribution in [0, 0.1) is 0 Å². The maximum Gasteiger partial charge on any atom is 0.407 e. The lowest BCUT2D eigenvalue weighted by Gasteiger charge is -2.17. The number of carboxylic acid groups (broad SMARTS) is 1. The summed E-state index contributed by atoms with van der Waals surface area (Å²) in [4.78, 5) is 36.4. The third-order valence-electron chi connectivity index (χ3n) is 8.34. The Kier molecular flexibility index (Phi) is 16.1. The first kappa shape index (κ1) is 34.9. The zero-order valence-corrected chi connectivity index (χ0v) is 26.5. The summed E-state index contributed by atoms with van der Waals surface area (Å²) in [5, 5.41) is 15.0. The van der Waals surface area contributed by atoms with E-state index in [0.29, 0.717) is 25.8 Å². The van der Waals surface area contributed by atoms with E-state index in [1.807, 2.05) is 36.4 Å². The van der Waals surface area contributed by atoms with Crippen LogP contribution in [0.3, 0.4) is 0 Å². The van der Waals surface area contributed by atoms with Crippen LogP contribution in [0.2, 0.25) is 0 Å². The number of fused-ring (bicyclic) bond motifs is 3. The number of hydrogen-bond acceptors (Lipinski definition) is 4. The highest BCUT2D eigenvalue weighted by Gasteiger charge is 2.29. The molecule has 0 saturated heterocycles. The van der Waals surface area contributed by atoms with Gasteiger partial charge < -0.3 is 20.5 Å². The molecule has 0 aromatic heterocycles. The second kappa shape index (κ2) is 20.4. The van der Waals surface area contributed by atoms with E-state index < -0.39 is 18.1 Å². The minimum absolute atomic E-state index is 0.0412. The van der Waals surface area contributed by atoms with E-state index in [-0.39, 0.29) is 24.9 Å². The Bertz CT molecular complexity index is 1150. The molecule has 0 spiro atoms. The van der Waals surface area contributed by atoms with Crippen LogP contribution in [0.15, 0.2) is 60.7 Å². The van der Waals surface area contributed by atoms with E-state index in [9.17, 15) is 19.5 Å². The van der Waals surface area contributed by atoms with Gasteiger partial charge in [-0.05, 0) is 73.6 Å². The van der Waals surface area contributed by atoms with E-state index in [1.54, 1.807) is 0 Å². The fourth-order valence-electron chi connectivity index (χ4n) is 5.83. The van der Waals surface area contributed by atoms with Gasteiger partial charge in [0.25, 0.3) is 0 Å². The highest BCUT2D eigenvalue weighted by Crippen LogP contribution is 2.44. The first-order valence-corrected chi connectivity index (χ1v) is 16.8. The van der Waals surface area contributed by atoms with Crippen molar-refractivity contribution in [2.24, 2.45) is 0 Å². The van der Waals surface area contributed by atoms with Gasteiger partial charge in [-0.15, -0.1) is 0 Å². The molecule has 0 aliphatic heterocycles. The number of alkyl carbamates (subject to hydrolysis) is 1. The van der Waals surface area contributed by atoms with E-state index in [1.165, 1.54) is 44.9 Å². The smallest absolute Gasteiger partial charge is 0.407 e. The summed E-state index contributed by atoms with van der Waals surface area (Å²) in [7, 11) is 0. The molecular weight excluding hydrogens is 552 g/mol. The number of aliphatic carboxylic acids is 1. The minimum atomic E-state index is -1.10. The Morgan fingerprint density at radius 2 is 1.39 bits per heavy atom. The summed E-state index contributed by atoms with van der Waals surface area (Å²) in [5.74, 6) is -1.14. The van der Waals surface area contributed by atoms with Crippen molar-refractivity contribution in [1.29, 1.82) is 0 Å². The van der Waals surface area contributed by atoms with Gasteiger partial charge in [0.1, 0.15) is 12.6 Å². The average molecular weight is 605 g/mol. The summed E-state index contributed by atoms with van der Waals surface area (Å²) < 4.78 is 5.50. The van der Waals surface area contributed by atoms with Crippen molar-refractivity contribution in [3.8, 4) is 11.1 Å². The zero-order valence-electron chi connectivity index (χ0n) is 26.5. The molecule has 0 unspecified atom stereocenters. The van der Waals surface area contributed by atoms with Crippen molar-refractivity contribution in [3.63, 3.8) is 0 Å². The lowest BCUT2D eigenvalue weighted by atomic mass is 9.98. The molecule has 3 rings (SSSR count). The molecule has 7 nitrogen and oxygen atoms in total. The first-order chi connectivity index (χ1) is 21.5. The Balaban J connectivity index is 1.22. The summed E-state index contributed by atoms with van der Waals surface area (Å²) in [6.07, 6.45) is 19.1. The molecule has 2 amide bonds. The number of amides is 2. The van der Waals surface area contributed by atoms with Crippen molar-refractivity contribution in [3.05, 3.63) is 71.8 Å². The molecule has 0 fully saturated rings. The Labute approximate surface area is 263 Å². The molecule has 3 N–H and O–H groups in total. The summed E-state index contributed by atoms with van der Waals surface area (Å²) >= 11 is 0. The molecule has 44 heavy (non-hydrogen) atoms. The molecule has 0 heterocycles. The van der Waals surface area contributed by atoms with Crippen molar-refractivity contribution >= 4 is 18.0 Å². The number of ether oxygens (including phenoxy) is 1. The van der Waals surface area contributed by atoms with Crippen LogP contribution in [-0.4, -0.2) is 42.3 Å². The predicted octanol–water partition coefficient (Wildman–Crippen LogP) is 8.52. The number of carbonyl (C=O) groups excluding carboxylic acids is 2. The Hall–Kier alpha value is -3.61. The van der Waals surface area contributed by atoms with Crippen LogP contribution >= 0.6 is 0 Å². The Morgan fingerprint density at radius 3 is 2.00 bits per heavy atom. The van der Waals surface area contributed by atoms with Gasteiger partial charge in [0, 0.05) is 18.9 Å². The topological polar surface area (TPSA) is 105 Å². The molecule has 2 aromatic carbocycles. The van der Waals surface area contributed by atoms with Gasteiger partial charge in [-0.2, -0.15) is 0 Å². The molecule has 0 bridgehead atoms. The number of carboxylic acids is 1. The van der Waals surface area contributed by atoms with Crippen molar-refractivity contribution < 1.29 is 24.2 Å². The van der Waals surface area contributed by atoms with Crippen molar-refractivity contribution in [1.82, 2.24) is 10.6 Å². The number of unbranched alkanes of at least 4 members (excludes halogenated alkanes) is 10. The normalized spacial score (nSPS) is 12.9. The lowest BCUT2D eigenvalue weighted by molar-refractivity contribution is -0.139. The van der Waals surface area contributed by atoms with Gasteiger partial charge in [-0.1, -0.05) is 106 Å². The second-order valence-electron chi connectivity index (χ2n) is 11.8. The molecule has 7 heteroatoms. The first-order valence-electron chi connectivity index (χ1n) is 16.8. The highest BCUT2D eigenvalue weighted by atomic mass is 16.5. The molecule has 2 aromatic rings. The number of benzene rings is 2. The fraction of sp³-hybridized carbons (Fsp3) is 0.541. The van der Waals surface area contributed by atoms with E-state index in [0.717, 1.165) is 47.9 Å². The highest BCUT2D eigenvalue weighted by molar-refractivity contribution is 5.81. The van der Waals surface area contributed by atoms with Crippen LogP contribution < -0.4 is 10.6 Å². The fourth-order valence-corrected chi connectivity index (χ4v) is 5.83. The zero-order chi connectivity index (χ0) is 31.4. The van der Waals surface area contributed by atoms with Gasteiger partial charge in [0.05, 0.1) is 0 Å². The standard InChI is InChI=1S/C37H52N2O5/c1-2-3-4-5-6-7-8-9-10-11-12-13-14-26-35(40)38-27-20-19-25-34(36(41)42)39-37(43)44-28-33-31-23-17-15-21-29(31)30-22-16-18-24-32(30)33/h8-9,15-18,21-24,33-34H,2-7,10-14,19-20,25-28H2,1H3,(H,38,40)(H,39,43)(H,41,42)/t34-/m0/s1. The maximum atomic E-state index is 12.5. The molecule has 240 valence electrons. The molecular formula is C37H52N2O5. The van der Waals surface area contributed by atoms with Gasteiger partial charge >= 0.3 is 12.1 Å². The van der Waals surface area contributed by atoms with Crippen molar-refractivity contribution in [2.45, 2.75) is 115 Å². The number of hydrogen-bond donors (Lipinski definition) is 3. The van der Waals surface area contributed by atoms with E-state index in [4.69, 9.17) is 4.74 Å². The lowest BCUT2D eigenvalue weighted by Crippen LogP contribution is -2.41. The van der Waals surface area contributed by atoms with Crippen LogP contribution in [-0.2, 0) is 14.3 Å². The van der Waals surface area contributed by atoms with Gasteiger partial charge in [0.15, 0.2) is 0 Å². The van der Waals surface area contributed by atoms with Gasteiger partial charge in [-0.25, -0.2) is 9.59 Å². The quantitative estimate of drug-likeness (QED) is 0.0923. The van der Waals surface area contributed by atoms with E-state index in [2.05, 4.69) is 41.8 Å². The van der Waals surface area contributed by atoms with Crippen LogP contribution in [0.25, 0.3) is 11.1 Å². The molecule has 1 atom stereocenters. The van der Waals surface area contributed by atoms with Crippen LogP contribution in [0.4, 0.5) is 4.79 Å². The number of carbonyl (C=O) groups is 3. The molecule has 0 saturated carbocycles. The van der Waals surface area contributed by atoms with E-state index >= 15 is 0 Å². The summed E-state index contributed by atoms with van der Waals surface area (Å²) in [6.45, 7) is 2.88. The average Bonchev–Trinajstić information content (AvgIpc) is 3.35. The SMILES string of the molecule is CCCCCCCC=CCCCCCCC(=O)NCCCC[C@H](NC(=O)OCC1c2ccccc2-c2ccccc21)C(=O)O. The summed E-state index contributed by atoms with van der Waals surface area (Å²) in [5.41, 5.74) is 4.47. The predicted molar refractivity (Wildman–Crippen MR) is 177 cm³/mol. The largest absolute Gasteiger partial charge is 0.480 e. The minimum Gasteiger partial charge on any atom is -0.480 e. The summed E-state index contributed by atoms with van der Waals surface area (Å²) in [6, 6.07) is 15.1. The molecule has 1 aliphatic rings. The monoisotopic (exact) mass is 604 g/mol. The van der Waals surface area contributed by atoms with Crippen LogP contribution in [0.5, 0.6) is 0 Å². The number of allylic oxidation sites excluding steroid dienone is 2. The molecule has 0 radical (unpaired) electrons. The number of nitrogens with one attached hydrogen (secondary N) is 2. The Morgan fingerprint density at radius 1 is 0.795 bits per heavy atom. The van der Waals surface area contributed by atoms with Gasteiger partial charge in [0.2, 0.25) is 5.91 Å². The number of rotatable bonds is 22. The van der Waals surface area contributed by atoms with Crippen LogP contribution in [0.1, 0.15) is 120 Å². The maximum absolute atomic E-state index is 12.5. The van der Waals surface area contributed by atoms with Gasteiger partial charge in [-0.3, -0.25) is 4.79 Å². The molecule has 1 aliphatic carbocycles. The third-order valence-corrected chi connectivity index (χ3v) is 8.34. The van der Waals surface area contributed by atoms with Crippen molar-refractivity contribution in [2.75, 3.05) is 13.2 Å².